The first-order valence-electron chi connectivity index (χ1n) is 14.2. The Hall–Kier alpha value is -1.90. The number of methoxy groups -OCH3 is 1. The first-order valence-corrected chi connectivity index (χ1v) is 14.2. The number of fused-ring (bicyclic) bond motifs is 5. The summed E-state index contributed by atoms with van der Waals surface area (Å²) in [5.41, 5.74) is 2.13. The highest BCUT2D eigenvalue weighted by Gasteiger charge is 2.63. The number of nitriles is 1. The monoisotopic (exact) mass is 492 g/mol. The molecule has 0 unspecified atom stereocenters. The Balaban J connectivity index is 1.34. The Morgan fingerprint density at radius 1 is 1.17 bits per heavy atom. The molecule has 1 aromatic rings. The molecular weight excluding hydrogens is 448 g/mol. The topological polar surface area (TPSA) is 82.3 Å². The van der Waals surface area contributed by atoms with Gasteiger partial charge in [-0.15, -0.1) is 0 Å². The summed E-state index contributed by atoms with van der Waals surface area (Å²) in [5, 5.41) is 23.6. The molecule has 36 heavy (non-hydrogen) atoms. The van der Waals surface area contributed by atoms with Crippen molar-refractivity contribution in [3.8, 4) is 6.07 Å². The van der Waals surface area contributed by atoms with Crippen LogP contribution in [0.25, 0.3) is 0 Å². The van der Waals surface area contributed by atoms with Crippen LogP contribution in [0, 0.1) is 58.7 Å². The number of nitrogens with one attached hydrogen (secondary N) is 1. The molecule has 2 N–H and O–H groups in total. The van der Waals surface area contributed by atoms with Crippen LogP contribution in [0.2, 0.25) is 0 Å². The summed E-state index contributed by atoms with van der Waals surface area (Å²) in [7, 11) is 1.70. The number of anilines is 1. The van der Waals surface area contributed by atoms with E-state index in [-0.39, 0.29) is 17.2 Å². The second-order valence-electron chi connectivity index (χ2n) is 12.9. The van der Waals surface area contributed by atoms with Crippen molar-refractivity contribution in [3.05, 3.63) is 29.3 Å². The number of aliphatic hydroxyl groups is 1. The van der Waals surface area contributed by atoms with Gasteiger partial charge in [0, 0.05) is 18.7 Å². The highest BCUT2D eigenvalue weighted by Crippen LogP contribution is 2.69. The lowest BCUT2D eigenvalue weighted by Gasteiger charge is -2.63. The Morgan fingerprint density at radius 2 is 1.97 bits per heavy atom. The molecule has 196 valence electrons. The van der Waals surface area contributed by atoms with Gasteiger partial charge in [0.15, 0.2) is 0 Å². The number of rotatable bonds is 5. The van der Waals surface area contributed by atoms with E-state index < -0.39 is 5.60 Å². The van der Waals surface area contributed by atoms with Gasteiger partial charge in [0.1, 0.15) is 0 Å². The summed E-state index contributed by atoms with van der Waals surface area (Å²) >= 11 is 0. The van der Waals surface area contributed by atoms with Crippen molar-refractivity contribution in [2.24, 2.45) is 40.4 Å². The SMILES string of the molecule is CC[C@]12CC[C@](O)(COC)C[C@@H]1CC[C@H]1[C@@H]3CC[C@H](C(=O)Nc4ccc(C#N)cc4C)[C@@]3(C)CC[C@@H]12. The fourth-order valence-electron chi connectivity index (χ4n) is 9.76. The lowest BCUT2D eigenvalue weighted by atomic mass is 9.42. The number of nitrogens with zero attached hydrogens (tertiary/aromatic N) is 1. The summed E-state index contributed by atoms with van der Waals surface area (Å²) in [5.74, 6) is 2.82. The zero-order chi connectivity index (χ0) is 25.7. The zero-order valence-corrected chi connectivity index (χ0v) is 22.6. The van der Waals surface area contributed by atoms with E-state index >= 15 is 0 Å². The predicted octanol–water partition coefficient (Wildman–Crippen LogP) is 6.23. The molecular formula is C31H44N2O3. The molecule has 8 atom stereocenters. The maximum atomic E-state index is 13.6. The van der Waals surface area contributed by atoms with Crippen LogP contribution in [0.4, 0.5) is 5.69 Å². The van der Waals surface area contributed by atoms with Crippen molar-refractivity contribution in [1.82, 2.24) is 0 Å². The standard InChI is InChI=1S/C31H44N2O3/c1-5-31-15-14-30(35,19-36-4)17-22(31)7-8-23-24-9-10-26(29(24,3)13-12-25(23)31)28(34)33-27-11-6-21(18-32)16-20(27)2/h6,11,16,22-26,35H,5,7-10,12-15,17,19H2,1-4H3,(H,33,34)/t22-,23-,24-,25-,26+,29-,30+,31-/m0/s1. The van der Waals surface area contributed by atoms with Gasteiger partial charge in [-0.2, -0.15) is 5.26 Å². The number of ether oxygens (including phenoxy) is 1. The van der Waals surface area contributed by atoms with E-state index in [0.717, 1.165) is 49.8 Å². The number of amides is 1. The number of aryl methyl sites for hydroxylation is 1. The van der Waals surface area contributed by atoms with Crippen LogP contribution in [0.15, 0.2) is 18.2 Å². The van der Waals surface area contributed by atoms with Gasteiger partial charge in [-0.25, -0.2) is 0 Å². The normalized spacial score (nSPS) is 41.5. The molecule has 4 aliphatic carbocycles. The largest absolute Gasteiger partial charge is 0.387 e. The molecule has 4 fully saturated rings. The van der Waals surface area contributed by atoms with Crippen LogP contribution in [-0.2, 0) is 9.53 Å². The second-order valence-corrected chi connectivity index (χ2v) is 12.9. The first kappa shape index (κ1) is 25.7. The summed E-state index contributed by atoms with van der Waals surface area (Å²) in [6, 6.07) is 7.68. The van der Waals surface area contributed by atoms with Crippen molar-refractivity contribution in [1.29, 1.82) is 5.26 Å². The predicted molar refractivity (Wildman–Crippen MR) is 141 cm³/mol. The fraction of sp³-hybridized carbons (Fsp3) is 0.742. The van der Waals surface area contributed by atoms with Crippen molar-refractivity contribution in [2.75, 3.05) is 19.0 Å². The van der Waals surface area contributed by atoms with Crippen LogP contribution >= 0.6 is 0 Å². The van der Waals surface area contributed by atoms with Crippen LogP contribution in [0.1, 0.15) is 89.2 Å². The molecule has 0 aromatic heterocycles. The van der Waals surface area contributed by atoms with E-state index in [4.69, 9.17) is 10.00 Å². The molecule has 4 saturated carbocycles. The average molecular weight is 493 g/mol. The fourth-order valence-corrected chi connectivity index (χ4v) is 9.76. The molecule has 4 aliphatic rings. The Morgan fingerprint density at radius 3 is 2.67 bits per heavy atom. The van der Waals surface area contributed by atoms with Crippen LogP contribution < -0.4 is 5.32 Å². The third-order valence-corrected chi connectivity index (χ3v) is 11.5. The summed E-state index contributed by atoms with van der Waals surface area (Å²) in [4.78, 5) is 13.6. The molecule has 1 amide bonds. The van der Waals surface area contributed by atoms with Gasteiger partial charge in [0.25, 0.3) is 0 Å². The van der Waals surface area contributed by atoms with Crippen molar-refractivity contribution in [2.45, 2.75) is 90.6 Å². The minimum atomic E-state index is -0.659. The lowest BCUT2D eigenvalue weighted by molar-refractivity contribution is -0.171. The highest BCUT2D eigenvalue weighted by atomic mass is 16.5. The molecule has 5 rings (SSSR count). The number of benzene rings is 1. The van der Waals surface area contributed by atoms with E-state index in [1.54, 1.807) is 13.2 Å². The minimum absolute atomic E-state index is 0.0481. The second kappa shape index (κ2) is 9.44. The third kappa shape index (κ3) is 4.00. The summed E-state index contributed by atoms with van der Waals surface area (Å²) < 4.78 is 5.40. The van der Waals surface area contributed by atoms with Crippen LogP contribution in [0.5, 0.6) is 0 Å². The molecule has 5 nitrogen and oxygen atoms in total. The van der Waals surface area contributed by atoms with E-state index in [0.29, 0.717) is 41.3 Å². The van der Waals surface area contributed by atoms with E-state index in [2.05, 4.69) is 25.2 Å². The molecule has 0 spiro atoms. The van der Waals surface area contributed by atoms with E-state index in [1.165, 1.54) is 25.7 Å². The number of hydrogen-bond donors (Lipinski definition) is 2. The van der Waals surface area contributed by atoms with Gasteiger partial charge in [-0.05, 0) is 129 Å². The molecule has 0 aliphatic heterocycles. The van der Waals surface area contributed by atoms with E-state index in [1.807, 2.05) is 19.1 Å². The van der Waals surface area contributed by atoms with Crippen molar-refractivity contribution >= 4 is 11.6 Å². The highest BCUT2D eigenvalue weighted by molar-refractivity contribution is 5.94. The Kier molecular flexibility index (Phi) is 6.75. The molecule has 0 radical (unpaired) electrons. The van der Waals surface area contributed by atoms with Crippen LogP contribution in [0.3, 0.4) is 0 Å². The number of carbonyl (C=O) groups is 1. The summed E-state index contributed by atoms with van der Waals surface area (Å²) in [6.07, 6.45) is 11.0. The molecule has 0 saturated heterocycles. The van der Waals surface area contributed by atoms with Gasteiger partial charge >= 0.3 is 0 Å². The summed E-state index contributed by atoms with van der Waals surface area (Å²) in [6.45, 7) is 7.20. The van der Waals surface area contributed by atoms with Gasteiger partial charge in [0.2, 0.25) is 5.91 Å². The maximum Gasteiger partial charge on any atom is 0.228 e. The van der Waals surface area contributed by atoms with Crippen molar-refractivity contribution < 1.29 is 14.6 Å². The molecule has 5 heteroatoms. The Labute approximate surface area is 217 Å². The van der Waals surface area contributed by atoms with Gasteiger partial charge in [0.05, 0.1) is 23.8 Å². The lowest BCUT2D eigenvalue weighted by Crippen LogP contribution is -2.57. The third-order valence-electron chi connectivity index (χ3n) is 11.5. The molecule has 1 aromatic carbocycles. The smallest absolute Gasteiger partial charge is 0.228 e. The zero-order valence-electron chi connectivity index (χ0n) is 22.6. The molecule has 0 heterocycles. The maximum absolute atomic E-state index is 13.6. The quantitative estimate of drug-likeness (QED) is 0.510. The number of hydrogen-bond acceptors (Lipinski definition) is 4. The van der Waals surface area contributed by atoms with Gasteiger partial charge < -0.3 is 15.2 Å². The minimum Gasteiger partial charge on any atom is -0.387 e. The number of carbonyl (C=O) groups excluding carboxylic acids is 1. The van der Waals surface area contributed by atoms with E-state index in [9.17, 15) is 9.90 Å². The molecule has 0 bridgehead atoms. The first-order chi connectivity index (χ1) is 17.2. The average Bonchev–Trinajstić information content (AvgIpc) is 3.22. The Bertz CT molecular complexity index is 1050. The van der Waals surface area contributed by atoms with Gasteiger partial charge in [-0.3, -0.25) is 4.79 Å². The van der Waals surface area contributed by atoms with Gasteiger partial charge in [-0.1, -0.05) is 13.8 Å². The van der Waals surface area contributed by atoms with Crippen molar-refractivity contribution in [3.63, 3.8) is 0 Å². The van der Waals surface area contributed by atoms with Crippen LogP contribution in [-0.4, -0.2) is 30.3 Å².